The van der Waals surface area contributed by atoms with Crippen LogP contribution in [0.5, 0.6) is 0 Å². The Morgan fingerprint density at radius 1 is 0.318 bits per heavy atom. The van der Waals surface area contributed by atoms with Gasteiger partial charge in [-0.15, -0.1) is 0 Å². The van der Waals surface area contributed by atoms with E-state index in [2.05, 4.69) is 270 Å². The molecular formula is C63H57N3. The monoisotopic (exact) mass is 855 g/mol. The topological polar surface area (TPSA) is 9.72 Å². The maximum absolute atomic E-state index is 2.47. The van der Waals surface area contributed by atoms with E-state index in [0.717, 1.165) is 51.2 Å². The van der Waals surface area contributed by atoms with Crippen molar-refractivity contribution >= 4 is 51.2 Å². The van der Waals surface area contributed by atoms with E-state index in [1.807, 2.05) is 0 Å². The number of aryl methyl sites for hydroxylation is 8. The summed E-state index contributed by atoms with van der Waals surface area (Å²) in [4.78, 5) is 7.39. The van der Waals surface area contributed by atoms with Crippen LogP contribution >= 0.6 is 0 Å². The van der Waals surface area contributed by atoms with Gasteiger partial charge in [-0.25, -0.2) is 0 Å². The molecule has 324 valence electrons. The van der Waals surface area contributed by atoms with Gasteiger partial charge < -0.3 is 14.7 Å². The average Bonchev–Trinajstić information content (AvgIpc) is 3.31. The van der Waals surface area contributed by atoms with Crippen LogP contribution in [-0.2, 0) is 5.41 Å². The summed E-state index contributed by atoms with van der Waals surface area (Å²) in [6.07, 6.45) is 0. The smallest absolute Gasteiger partial charge is 0.0743 e. The van der Waals surface area contributed by atoms with E-state index >= 15 is 0 Å². The number of rotatable bonds is 9. The third kappa shape index (κ3) is 7.26. The highest BCUT2D eigenvalue weighted by Gasteiger charge is 2.47. The van der Waals surface area contributed by atoms with Gasteiger partial charge in [0.15, 0.2) is 0 Å². The maximum atomic E-state index is 2.47. The minimum atomic E-state index is -0.753. The molecule has 0 bridgehead atoms. The van der Waals surface area contributed by atoms with Crippen LogP contribution in [-0.4, -0.2) is 0 Å². The van der Waals surface area contributed by atoms with Crippen molar-refractivity contribution in [3.05, 3.63) is 267 Å². The molecule has 3 heteroatoms. The first-order valence-electron chi connectivity index (χ1n) is 23.2. The molecule has 66 heavy (non-hydrogen) atoms. The Hall–Kier alpha value is -7.62. The summed E-state index contributed by atoms with van der Waals surface area (Å²) < 4.78 is 0. The van der Waals surface area contributed by atoms with Gasteiger partial charge in [-0.3, -0.25) is 0 Å². The molecule has 0 saturated carbocycles. The molecule has 9 aromatic rings. The van der Waals surface area contributed by atoms with Gasteiger partial charge in [-0.2, -0.15) is 0 Å². The Bertz CT molecular complexity index is 2970. The van der Waals surface area contributed by atoms with Crippen molar-refractivity contribution in [2.24, 2.45) is 0 Å². The number of hydrogen-bond donors (Lipinski definition) is 0. The van der Waals surface area contributed by atoms with E-state index in [1.165, 1.54) is 66.8 Å². The molecule has 0 aliphatic carbocycles. The van der Waals surface area contributed by atoms with Crippen LogP contribution in [0.1, 0.15) is 66.8 Å². The molecule has 0 aromatic heterocycles. The van der Waals surface area contributed by atoms with Crippen LogP contribution in [0.2, 0.25) is 0 Å². The van der Waals surface area contributed by atoms with Crippen molar-refractivity contribution in [2.75, 3.05) is 14.7 Å². The zero-order chi connectivity index (χ0) is 45.7. The first-order chi connectivity index (χ1) is 32.0. The molecule has 0 N–H and O–H groups in total. The largest absolute Gasteiger partial charge is 0.310 e. The second kappa shape index (κ2) is 17.1. The Labute approximate surface area is 391 Å². The molecule has 0 saturated heterocycles. The zero-order valence-electron chi connectivity index (χ0n) is 39.4. The van der Waals surface area contributed by atoms with Gasteiger partial charge in [-0.05, 0) is 173 Å². The summed E-state index contributed by atoms with van der Waals surface area (Å²) in [6.45, 7) is 17.6. The zero-order valence-corrected chi connectivity index (χ0v) is 39.4. The van der Waals surface area contributed by atoms with Gasteiger partial charge >= 0.3 is 0 Å². The fourth-order valence-electron chi connectivity index (χ4n) is 10.7. The van der Waals surface area contributed by atoms with Gasteiger partial charge in [0.2, 0.25) is 0 Å². The SMILES string of the molecule is Cc1ccc(N(c2cccc(C3(c4cccc(N(c5ccc(C)cc5C)c5ccc(C)cc5C)c4)c4ccccc4N(c4ccccc4)c4ccccc43)c2)c2ccc(C)cc2C)c(C)c1. The number of benzene rings is 9. The van der Waals surface area contributed by atoms with Gasteiger partial charge in [0.05, 0.1) is 16.8 Å². The maximum Gasteiger partial charge on any atom is 0.0743 e. The molecule has 0 unspecified atom stereocenters. The van der Waals surface area contributed by atoms with E-state index in [1.54, 1.807) is 0 Å². The van der Waals surface area contributed by atoms with Crippen molar-refractivity contribution in [2.45, 2.75) is 60.8 Å². The Kier molecular flexibility index (Phi) is 10.9. The molecule has 9 aromatic carbocycles. The van der Waals surface area contributed by atoms with Crippen LogP contribution in [0.4, 0.5) is 51.2 Å². The first kappa shape index (κ1) is 42.3. The van der Waals surface area contributed by atoms with E-state index in [-0.39, 0.29) is 0 Å². The third-order valence-electron chi connectivity index (χ3n) is 13.6. The molecule has 1 aliphatic heterocycles. The van der Waals surface area contributed by atoms with Crippen LogP contribution in [0.15, 0.2) is 200 Å². The predicted octanol–water partition coefficient (Wildman–Crippen LogP) is 17.3. The Balaban J connectivity index is 1.30. The summed E-state index contributed by atoms with van der Waals surface area (Å²) in [6, 6.07) is 74.9. The van der Waals surface area contributed by atoms with E-state index in [0.29, 0.717) is 0 Å². The van der Waals surface area contributed by atoms with E-state index in [4.69, 9.17) is 0 Å². The Morgan fingerprint density at radius 3 is 1.03 bits per heavy atom. The first-order valence-corrected chi connectivity index (χ1v) is 23.2. The minimum Gasteiger partial charge on any atom is -0.310 e. The summed E-state index contributed by atoms with van der Waals surface area (Å²) >= 11 is 0. The van der Waals surface area contributed by atoms with Crippen molar-refractivity contribution in [1.82, 2.24) is 0 Å². The van der Waals surface area contributed by atoms with Crippen molar-refractivity contribution < 1.29 is 0 Å². The average molecular weight is 856 g/mol. The van der Waals surface area contributed by atoms with Gasteiger partial charge in [0, 0.05) is 39.8 Å². The van der Waals surface area contributed by atoms with Crippen molar-refractivity contribution in [3.8, 4) is 0 Å². The quantitative estimate of drug-likeness (QED) is 0.143. The van der Waals surface area contributed by atoms with E-state index < -0.39 is 5.41 Å². The second-order valence-electron chi connectivity index (χ2n) is 18.4. The van der Waals surface area contributed by atoms with Gasteiger partial charge in [0.25, 0.3) is 0 Å². The normalized spacial score (nSPS) is 12.6. The molecule has 0 amide bonds. The lowest BCUT2D eigenvalue weighted by molar-refractivity contribution is 0.731. The summed E-state index contributed by atoms with van der Waals surface area (Å²) in [5.74, 6) is 0. The molecule has 1 heterocycles. The minimum absolute atomic E-state index is 0.753. The van der Waals surface area contributed by atoms with Crippen LogP contribution in [0, 0.1) is 55.4 Å². The number of nitrogens with zero attached hydrogens (tertiary/aromatic N) is 3. The molecule has 3 nitrogen and oxygen atoms in total. The lowest BCUT2D eigenvalue weighted by Gasteiger charge is -2.47. The fraction of sp³-hybridized carbons (Fsp3) is 0.143. The predicted molar refractivity (Wildman–Crippen MR) is 280 cm³/mol. The van der Waals surface area contributed by atoms with Gasteiger partial charge in [-0.1, -0.05) is 150 Å². The van der Waals surface area contributed by atoms with Gasteiger partial charge in [0.1, 0.15) is 0 Å². The van der Waals surface area contributed by atoms with Crippen molar-refractivity contribution in [3.63, 3.8) is 0 Å². The number of hydrogen-bond acceptors (Lipinski definition) is 3. The molecule has 0 radical (unpaired) electrons. The summed E-state index contributed by atoms with van der Waals surface area (Å²) in [7, 11) is 0. The lowest BCUT2D eigenvalue weighted by Crippen LogP contribution is -2.38. The number of fused-ring (bicyclic) bond motifs is 2. The summed E-state index contributed by atoms with van der Waals surface area (Å²) in [5, 5.41) is 0. The molecule has 1 aliphatic rings. The highest BCUT2D eigenvalue weighted by Crippen LogP contribution is 2.59. The second-order valence-corrected chi connectivity index (χ2v) is 18.4. The fourth-order valence-corrected chi connectivity index (χ4v) is 10.7. The highest BCUT2D eigenvalue weighted by atomic mass is 15.2. The molecular weight excluding hydrogens is 799 g/mol. The summed E-state index contributed by atoms with van der Waals surface area (Å²) in [5.41, 5.74) is 24.3. The standard InChI is InChI=1S/C63H57N3/c1-42-28-32-57(46(5)36-42)65(58-33-29-43(2)37-47(58)6)53-22-16-18-50(40-53)63(55-24-12-14-26-61(55)64(52-20-10-9-11-21-52)62-27-15-13-25-56(62)63)51-19-17-23-54(41-51)66(59-34-30-44(3)38-48(59)7)60-35-31-45(4)39-49(60)8/h9-41H,1-8H3. The van der Waals surface area contributed by atoms with Crippen LogP contribution in [0.25, 0.3) is 0 Å². The third-order valence-corrected chi connectivity index (χ3v) is 13.6. The number of anilines is 9. The number of para-hydroxylation sites is 3. The highest BCUT2D eigenvalue weighted by molar-refractivity contribution is 5.91. The molecule has 0 fully saturated rings. The van der Waals surface area contributed by atoms with Crippen LogP contribution in [0.3, 0.4) is 0 Å². The lowest BCUT2D eigenvalue weighted by atomic mass is 9.62. The molecule has 0 spiro atoms. The molecule has 0 atom stereocenters. The Morgan fingerprint density at radius 2 is 0.667 bits per heavy atom. The van der Waals surface area contributed by atoms with E-state index in [9.17, 15) is 0 Å². The van der Waals surface area contributed by atoms with Crippen molar-refractivity contribution in [1.29, 1.82) is 0 Å². The van der Waals surface area contributed by atoms with Crippen LogP contribution < -0.4 is 14.7 Å². The molecule has 10 rings (SSSR count).